The Kier molecular flexibility index (Phi) is 7.03. The van der Waals surface area contributed by atoms with Gasteiger partial charge in [0.15, 0.2) is 0 Å². The fourth-order valence-corrected chi connectivity index (χ4v) is 4.40. The summed E-state index contributed by atoms with van der Waals surface area (Å²) in [6, 6.07) is 17.3. The number of benzene rings is 2. The molecule has 0 unspecified atom stereocenters. The SMILES string of the molecule is Cc1ccccc1OCCNC(=O)c1cccc(S(=O)(=O)NCc2cccs2)c1. The molecule has 3 aromatic rings. The number of sulfonamides is 1. The Balaban J connectivity index is 1.55. The molecule has 2 N–H and O–H groups in total. The summed E-state index contributed by atoms with van der Waals surface area (Å²) in [5.74, 6) is 0.417. The molecule has 1 heterocycles. The van der Waals surface area contributed by atoms with E-state index in [1.54, 1.807) is 12.1 Å². The third-order valence-electron chi connectivity index (χ3n) is 4.16. The van der Waals surface area contributed by atoms with E-state index in [2.05, 4.69) is 10.0 Å². The first-order chi connectivity index (χ1) is 14.0. The number of thiophene rings is 1. The van der Waals surface area contributed by atoms with Crippen LogP contribution in [-0.2, 0) is 16.6 Å². The zero-order valence-corrected chi connectivity index (χ0v) is 17.6. The molecule has 0 atom stereocenters. The van der Waals surface area contributed by atoms with Gasteiger partial charge < -0.3 is 10.1 Å². The second-order valence-electron chi connectivity index (χ2n) is 6.30. The number of rotatable bonds is 9. The predicted molar refractivity (Wildman–Crippen MR) is 114 cm³/mol. The van der Waals surface area contributed by atoms with Gasteiger partial charge in [-0.3, -0.25) is 4.79 Å². The van der Waals surface area contributed by atoms with Crippen LogP contribution < -0.4 is 14.8 Å². The van der Waals surface area contributed by atoms with Gasteiger partial charge in [0.2, 0.25) is 10.0 Å². The zero-order valence-electron chi connectivity index (χ0n) is 15.9. The molecule has 8 heteroatoms. The Morgan fingerprint density at radius 3 is 2.66 bits per heavy atom. The monoisotopic (exact) mass is 430 g/mol. The van der Waals surface area contributed by atoms with Crippen molar-refractivity contribution in [1.29, 1.82) is 0 Å². The fourth-order valence-electron chi connectivity index (χ4n) is 2.61. The molecule has 0 aliphatic carbocycles. The minimum Gasteiger partial charge on any atom is -0.491 e. The Morgan fingerprint density at radius 2 is 1.90 bits per heavy atom. The Bertz CT molecular complexity index is 1060. The first kappa shape index (κ1) is 21.0. The molecule has 1 aromatic heterocycles. The molecule has 29 heavy (non-hydrogen) atoms. The molecule has 0 aliphatic heterocycles. The maximum Gasteiger partial charge on any atom is 0.251 e. The Labute approximate surface area is 174 Å². The molecule has 6 nitrogen and oxygen atoms in total. The quantitative estimate of drug-likeness (QED) is 0.510. The van der Waals surface area contributed by atoms with Gasteiger partial charge in [-0.2, -0.15) is 0 Å². The Hall–Kier alpha value is -2.68. The van der Waals surface area contributed by atoms with Gasteiger partial charge in [0.05, 0.1) is 11.4 Å². The van der Waals surface area contributed by atoms with E-state index in [0.717, 1.165) is 16.2 Å². The molecule has 3 rings (SSSR count). The number of carbonyl (C=O) groups is 1. The molecule has 0 bridgehead atoms. The maximum atomic E-state index is 12.5. The van der Waals surface area contributed by atoms with E-state index in [1.165, 1.54) is 23.5 Å². The summed E-state index contributed by atoms with van der Waals surface area (Å²) in [7, 11) is -3.71. The molecule has 0 saturated carbocycles. The predicted octanol–water partition coefficient (Wildman–Crippen LogP) is 3.34. The zero-order chi connectivity index (χ0) is 20.7. The molecule has 1 amide bonds. The van der Waals surface area contributed by atoms with E-state index in [0.29, 0.717) is 13.2 Å². The highest BCUT2D eigenvalue weighted by Crippen LogP contribution is 2.16. The van der Waals surface area contributed by atoms with Gasteiger partial charge in [-0.25, -0.2) is 13.1 Å². The number of hydrogen-bond donors (Lipinski definition) is 2. The van der Waals surface area contributed by atoms with Crippen LogP contribution in [0.2, 0.25) is 0 Å². The molecule has 0 radical (unpaired) electrons. The van der Waals surface area contributed by atoms with Gasteiger partial charge in [0.1, 0.15) is 12.4 Å². The highest BCUT2D eigenvalue weighted by molar-refractivity contribution is 7.89. The topological polar surface area (TPSA) is 84.5 Å². The van der Waals surface area contributed by atoms with Gasteiger partial charge in [0, 0.05) is 17.0 Å². The second kappa shape index (κ2) is 9.69. The molecular formula is C21H22N2O4S2. The molecular weight excluding hydrogens is 408 g/mol. The van der Waals surface area contributed by atoms with Crippen molar-refractivity contribution in [3.8, 4) is 5.75 Å². The van der Waals surface area contributed by atoms with Crippen molar-refractivity contribution >= 4 is 27.3 Å². The smallest absolute Gasteiger partial charge is 0.251 e. The van der Waals surface area contributed by atoms with Crippen molar-refractivity contribution in [3.05, 3.63) is 82.0 Å². The molecule has 0 fully saturated rings. The summed E-state index contributed by atoms with van der Waals surface area (Å²) in [5, 5.41) is 4.63. The summed E-state index contributed by atoms with van der Waals surface area (Å²) in [4.78, 5) is 13.3. The molecule has 2 aromatic carbocycles. The standard InChI is InChI=1S/C21H22N2O4S2/c1-16-6-2-3-10-20(16)27-12-11-22-21(24)17-7-4-9-19(14-17)29(25,26)23-15-18-8-5-13-28-18/h2-10,13-14,23H,11-12,15H2,1H3,(H,22,24). The van der Waals surface area contributed by atoms with Crippen molar-refractivity contribution in [1.82, 2.24) is 10.0 Å². The lowest BCUT2D eigenvalue weighted by Gasteiger charge is -2.10. The highest BCUT2D eigenvalue weighted by atomic mass is 32.2. The van der Waals surface area contributed by atoms with Crippen LogP contribution in [0.1, 0.15) is 20.8 Å². The third kappa shape index (κ3) is 5.90. The number of hydrogen-bond acceptors (Lipinski definition) is 5. The van der Waals surface area contributed by atoms with Gasteiger partial charge in [-0.05, 0) is 48.2 Å². The number of aryl methyl sites for hydroxylation is 1. The third-order valence-corrected chi connectivity index (χ3v) is 6.44. The second-order valence-corrected chi connectivity index (χ2v) is 9.10. The molecule has 0 aliphatic rings. The lowest BCUT2D eigenvalue weighted by molar-refractivity contribution is 0.0946. The van der Waals surface area contributed by atoms with E-state index < -0.39 is 10.0 Å². The van der Waals surface area contributed by atoms with Crippen LogP contribution in [0.5, 0.6) is 5.75 Å². The summed E-state index contributed by atoms with van der Waals surface area (Å²) in [5.41, 5.74) is 1.30. The van der Waals surface area contributed by atoms with Crippen LogP contribution in [0, 0.1) is 6.92 Å². The lowest BCUT2D eigenvalue weighted by Crippen LogP contribution is -2.28. The summed E-state index contributed by atoms with van der Waals surface area (Å²) >= 11 is 1.47. The van der Waals surface area contributed by atoms with Gasteiger partial charge >= 0.3 is 0 Å². The van der Waals surface area contributed by atoms with Crippen molar-refractivity contribution in [2.75, 3.05) is 13.2 Å². The van der Waals surface area contributed by atoms with Gasteiger partial charge in [0.25, 0.3) is 5.91 Å². The van der Waals surface area contributed by atoms with Crippen LogP contribution in [0.3, 0.4) is 0 Å². The van der Waals surface area contributed by atoms with Gasteiger partial charge in [-0.15, -0.1) is 11.3 Å². The van der Waals surface area contributed by atoms with Crippen LogP contribution in [0.25, 0.3) is 0 Å². The van der Waals surface area contributed by atoms with Crippen molar-refractivity contribution in [3.63, 3.8) is 0 Å². The first-order valence-electron chi connectivity index (χ1n) is 9.04. The maximum absolute atomic E-state index is 12.5. The largest absolute Gasteiger partial charge is 0.491 e. The van der Waals surface area contributed by atoms with Crippen molar-refractivity contribution in [2.45, 2.75) is 18.4 Å². The summed E-state index contributed by atoms with van der Waals surface area (Å²) in [6.45, 7) is 2.79. The minimum absolute atomic E-state index is 0.0536. The number of nitrogens with one attached hydrogen (secondary N) is 2. The van der Waals surface area contributed by atoms with E-state index in [-0.39, 0.29) is 22.9 Å². The average molecular weight is 431 g/mol. The lowest BCUT2D eigenvalue weighted by atomic mass is 10.2. The van der Waals surface area contributed by atoms with Crippen molar-refractivity contribution < 1.29 is 17.9 Å². The van der Waals surface area contributed by atoms with E-state index in [4.69, 9.17) is 4.74 Å². The molecule has 0 spiro atoms. The highest BCUT2D eigenvalue weighted by Gasteiger charge is 2.16. The van der Waals surface area contributed by atoms with E-state index >= 15 is 0 Å². The van der Waals surface area contributed by atoms with Crippen molar-refractivity contribution in [2.24, 2.45) is 0 Å². The van der Waals surface area contributed by atoms with E-state index in [1.807, 2.05) is 48.7 Å². The van der Waals surface area contributed by atoms with Crippen LogP contribution in [0.15, 0.2) is 70.9 Å². The molecule has 152 valence electrons. The van der Waals surface area contributed by atoms with Crippen LogP contribution >= 0.6 is 11.3 Å². The van der Waals surface area contributed by atoms with Crippen LogP contribution in [-0.4, -0.2) is 27.5 Å². The number of carbonyl (C=O) groups excluding carboxylic acids is 1. The fraction of sp³-hybridized carbons (Fsp3) is 0.190. The number of ether oxygens (including phenoxy) is 1. The molecule has 0 saturated heterocycles. The Morgan fingerprint density at radius 1 is 1.07 bits per heavy atom. The summed E-state index contributed by atoms with van der Waals surface area (Å²) in [6.07, 6.45) is 0. The summed E-state index contributed by atoms with van der Waals surface area (Å²) < 4.78 is 33.2. The average Bonchev–Trinajstić information content (AvgIpc) is 3.25. The minimum atomic E-state index is -3.71. The number of amides is 1. The van der Waals surface area contributed by atoms with Gasteiger partial charge in [-0.1, -0.05) is 30.3 Å². The number of para-hydroxylation sites is 1. The normalized spacial score (nSPS) is 11.2. The van der Waals surface area contributed by atoms with E-state index in [9.17, 15) is 13.2 Å². The first-order valence-corrected chi connectivity index (χ1v) is 11.4. The van der Waals surface area contributed by atoms with Crippen LogP contribution in [0.4, 0.5) is 0 Å².